The van der Waals surface area contributed by atoms with Crippen LogP contribution in [0.3, 0.4) is 0 Å². The lowest BCUT2D eigenvalue weighted by atomic mass is 9.35. The number of hydrogen-bond acceptors (Lipinski definition) is 5. The Labute approximate surface area is 251 Å². The number of nitrogens with zero attached hydrogens (tertiary/aromatic N) is 2. The monoisotopic (exact) mass is 575 g/mol. The molecule has 42 heavy (non-hydrogen) atoms. The van der Waals surface area contributed by atoms with Gasteiger partial charge in [0, 0.05) is 42.7 Å². The van der Waals surface area contributed by atoms with E-state index in [4.69, 9.17) is 0 Å². The molecule has 0 aromatic heterocycles. The van der Waals surface area contributed by atoms with Crippen LogP contribution in [0.2, 0.25) is 0 Å². The number of rotatable bonds is 1. The van der Waals surface area contributed by atoms with Crippen LogP contribution >= 0.6 is 0 Å². The third kappa shape index (κ3) is 4.05. The van der Waals surface area contributed by atoms with Gasteiger partial charge < -0.3 is 20.2 Å². The minimum Gasteiger partial charge on any atom is -0.504 e. The Hall–Kier alpha value is -2.67. The Bertz CT molecular complexity index is 1380. The predicted octanol–water partition coefficient (Wildman–Crippen LogP) is 5.26. The van der Waals surface area contributed by atoms with Crippen LogP contribution in [0.5, 0.6) is 0 Å². The van der Waals surface area contributed by atoms with Crippen molar-refractivity contribution in [2.24, 2.45) is 27.6 Å². The number of likely N-dealkylation sites (N-methyl/N-ethyl adjacent to an activating group) is 1. The van der Waals surface area contributed by atoms with Crippen LogP contribution in [0.25, 0.3) is 0 Å². The number of amides is 2. The maximum absolute atomic E-state index is 13.3. The minimum absolute atomic E-state index is 0.00316. The Morgan fingerprint density at radius 2 is 1.60 bits per heavy atom. The first-order valence-corrected chi connectivity index (χ1v) is 16.0. The first-order chi connectivity index (χ1) is 19.6. The lowest BCUT2D eigenvalue weighted by molar-refractivity contribution is -0.159. The molecule has 0 radical (unpaired) electrons. The standard InChI is InChI=1S/C35H49N3O4/c1-22-23-8-9-26-33(4,24(23)20-25(39)28(22)40)13-15-35(6)27-21-32(3,12-10-31(27,2)11-14-34(26,35)5)36-29(41)30(42)38-18-16-37(7)17-19-38/h8-9,20,27,40H,10-19,21H2,1-7H3,(H,36,41)/t27?,31-,32-,33+,34-,35+/m1/s1. The molecule has 228 valence electrons. The van der Waals surface area contributed by atoms with Crippen LogP contribution in [0.15, 0.2) is 46.3 Å². The number of aliphatic hydroxyl groups excluding tert-OH is 1. The highest BCUT2D eigenvalue weighted by molar-refractivity contribution is 6.35. The van der Waals surface area contributed by atoms with Gasteiger partial charge in [0.15, 0.2) is 5.76 Å². The summed E-state index contributed by atoms with van der Waals surface area (Å²) in [7, 11) is 2.04. The summed E-state index contributed by atoms with van der Waals surface area (Å²) in [5.74, 6) is -0.905. The van der Waals surface area contributed by atoms with Gasteiger partial charge in [0.2, 0.25) is 5.78 Å². The van der Waals surface area contributed by atoms with Crippen LogP contribution in [-0.2, 0) is 14.4 Å². The van der Waals surface area contributed by atoms with Crippen molar-refractivity contribution in [1.29, 1.82) is 0 Å². The molecule has 7 nitrogen and oxygen atoms in total. The molecule has 3 saturated carbocycles. The molecule has 7 heteroatoms. The molecule has 1 heterocycles. The van der Waals surface area contributed by atoms with E-state index in [1.165, 1.54) is 5.57 Å². The van der Waals surface area contributed by atoms with E-state index >= 15 is 0 Å². The fourth-order valence-corrected chi connectivity index (χ4v) is 10.1. The Morgan fingerprint density at radius 3 is 2.29 bits per heavy atom. The first kappa shape index (κ1) is 29.4. The Kier molecular flexibility index (Phi) is 6.59. The van der Waals surface area contributed by atoms with E-state index in [1.807, 2.05) is 14.0 Å². The fourth-order valence-electron chi connectivity index (χ4n) is 10.1. The average molecular weight is 576 g/mol. The number of carbonyl (C=O) groups excluding carboxylic acids is 3. The molecule has 0 aromatic carbocycles. The minimum atomic E-state index is -0.459. The maximum atomic E-state index is 13.3. The normalized spacial score (nSPS) is 41.9. The molecule has 6 aliphatic rings. The zero-order valence-corrected chi connectivity index (χ0v) is 26.7. The maximum Gasteiger partial charge on any atom is 0.311 e. The fraction of sp³-hybridized carbons (Fsp3) is 0.686. The Morgan fingerprint density at radius 1 is 0.929 bits per heavy atom. The van der Waals surface area contributed by atoms with Gasteiger partial charge >= 0.3 is 11.8 Å². The zero-order valence-electron chi connectivity index (χ0n) is 26.7. The van der Waals surface area contributed by atoms with Gasteiger partial charge in [-0.25, -0.2) is 0 Å². The average Bonchev–Trinajstić information content (AvgIpc) is 2.94. The summed E-state index contributed by atoms with van der Waals surface area (Å²) >= 11 is 0. The van der Waals surface area contributed by atoms with E-state index in [1.54, 1.807) is 11.0 Å². The second kappa shape index (κ2) is 9.41. The molecule has 2 N–H and O–H groups in total. The molecule has 5 aliphatic carbocycles. The van der Waals surface area contributed by atoms with E-state index < -0.39 is 17.4 Å². The van der Waals surface area contributed by atoms with Crippen LogP contribution in [0.4, 0.5) is 0 Å². The van der Waals surface area contributed by atoms with Gasteiger partial charge in [-0.3, -0.25) is 14.4 Å². The molecule has 2 amide bonds. The summed E-state index contributed by atoms with van der Waals surface area (Å²) in [6.45, 7) is 16.5. The lowest BCUT2D eigenvalue weighted by Crippen LogP contribution is -2.65. The third-order valence-electron chi connectivity index (χ3n) is 13.3. The van der Waals surface area contributed by atoms with E-state index in [2.05, 4.69) is 57.0 Å². The van der Waals surface area contributed by atoms with E-state index in [0.717, 1.165) is 69.2 Å². The van der Waals surface area contributed by atoms with Crippen molar-refractivity contribution in [2.45, 2.75) is 92.0 Å². The van der Waals surface area contributed by atoms with Gasteiger partial charge in [-0.1, -0.05) is 45.4 Å². The number of ketones is 1. The summed E-state index contributed by atoms with van der Waals surface area (Å²) in [6.07, 6.45) is 13.1. The molecular weight excluding hydrogens is 526 g/mol. The van der Waals surface area contributed by atoms with Crippen molar-refractivity contribution in [3.63, 3.8) is 0 Å². The summed E-state index contributed by atoms with van der Waals surface area (Å²) in [5.41, 5.74) is 3.53. The molecule has 6 rings (SSSR count). The summed E-state index contributed by atoms with van der Waals surface area (Å²) in [4.78, 5) is 43.1. The summed E-state index contributed by atoms with van der Waals surface area (Å²) in [6, 6.07) is 0. The first-order valence-electron chi connectivity index (χ1n) is 16.0. The number of fused-ring (bicyclic) bond motifs is 7. The third-order valence-corrected chi connectivity index (χ3v) is 13.3. The van der Waals surface area contributed by atoms with Crippen molar-refractivity contribution in [3.05, 3.63) is 46.3 Å². The second-order valence-electron chi connectivity index (χ2n) is 15.7. The van der Waals surface area contributed by atoms with Crippen molar-refractivity contribution in [3.8, 4) is 0 Å². The van der Waals surface area contributed by atoms with Crippen molar-refractivity contribution < 1.29 is 19.5 Å². The van der Waals surface area contributed by atoms with Gasteiger partial charge in [0.05, 0.1) is 0 Å². The highest BCUT2D eigenvalue weighted by Crippen LogP contribution is 2.75. The molecule has 1 saturated heterocycles. The zero-order chi connectivity index (χ0) is 30.5. The van der Waals surface area contributed by atoms with Crippen LogP contribution in [0.1, 0.15) is 86.5 Å². The van der Waals surface area contributed by atoms with Gasteiger partial charge in [0.1, 0.15) is 0 Å². The largest absolute Gasteiger partial charge is 0.504 e. The highest BCUT2D eigenvalue weighted by atomic mass is 16.3. The number of allylic oxidation sites excluding steroid dienone is 7. The van der Waals surface area contributed by atoms with Gasteiger partial charge in [-0.2, -0.15) is 0 Å². The van der Waals surface area contributed by atoms with Gasteiger partial charge in [0.25, 0.3) is 0 Å². The molecule has 6 atom stereocenters. The van der Waals surface area contributed by atoms with E-state index in [9.17, 15) is 19.5 Å². The molecule has 1 aliphatic heterocycles. The van der Waals surface area contributed by atoms with Crippen LogP contribution < -0.4 is 5.32 Å². The van der Waals surface area contributed by atoms with Crippen LogP contribution in [-0.4, -0.2) is 71.3 Å². The molecule has 1 unspecified atom stereocenters. The molecular formula is C35H49N3O4. The lowest BCUT2D eigenvalue weighted by Gasteiger charge is -2.70. The number of piperazine rings is 1. The van der Waals surface area contributed by atoms with Crippen LogP contribution in [0, 0.1) is 27.6 Å². The summed E-state index contributed by atoms with van der Waals surface area (Å²) in [5, 5.41) is 13.7. The highest BCUT2D eigenvalue weighted by Gasteiger charge is 2.66. The Balaban J connectivity index is 1.30. The molecule has 0 aromatic rings. The summed E-state index contributed by atoms with van der Waals surface area (Å²) < 4.78 is 0. The van der Waals surface area contributed by atoms with E-state index in [0.29, 0.717) is 24.6 Å². The quantitative estimate of drug-likeness (QED) is 0.417. The van der Waals surface area contributed by atoms with Crippen molar-refractivity contribution in [2.75, 3.05) is 33.2 Å². The van der Waals surface area contributed by atoms with Crippen molar-refractivity contribution >= 4 is 17.6 Å². The SMILES string of the molecule is CC1=C(O)C(=O)C=C2C1=CC=C1[C@@]2(C)CC[C@@]2(C)C3C[C@](C)(NC(=O)C(=O)N4CCN(C)CC4)CC[C@]3(C)CC[C@]12C. The second-order valence-corrected chi connectivity index (χ2v) is 15.7. The van der Waals surface area contributed by atoms with Gasteiger partial charge in [-0.05, 0) is 105 Å². The number of hydrogen-bond donors (Lipinski definition) is 2. The molecule has 0 bridgehead atoms. The molecule has 4 fully saturated rings. The topological polar surface area (TPSA) is 89.9 Å². The smallest absolute Gasteiger partial charge is 0.311 e. The van der Waals surface area contributed by atoms with Crippen molar-refractivity contribution in [1.82, 2.24) is 15.1 Å². The van der Waals surface area contributed by atoms with Gasteiger partial charge in [-0.15, -0.1) is 0 Å². The number of nitrogens with one attached hydrogen (secondary N) is 1. The van der Waals surface area contributed by atoms with E-state index in [-0.39, 0.29) is 33.2 Å². The molecule has 0 spiro atoms. The number of carbonyl (C=O) groups is 3. The predicted molar refractivity (Wildman–Crippen MR) is 163 cm³/mol. The number of aliphatic hydroxyl groups is 1.